The predicted molar refractivity (Wildman–Crippen MR) is 98.8 cm³/mol. The van der Waals surface area contributed by atoms with Gasteiger partial charge in [-0.15, -0.1) is 0 Å². The Morgan fingerprint density at radius 1 is 1.29 bits per heavy atom. The van der Waals surface area contributed by atoms with Crippen LogP contribution in [0.3, 0.4) is 0 Å². The number of hydrogen-bond acceptors (Lipinski definition) is 4. The Morgan fingerprint density at radius 2 is 2.04 bits per heavy atom. The van der Waals surface area contributed by atoms with E-state index in [2.05, 4.69) is 27.9 Å². The molecule has 5 nitrogen and oxygen atoms in total. The second-order valence-electron chi connectivity index (χ2n) is 4.85. The molecule has 122 valence electrons. The number of carbonyl (C=O) groups is 2. The van der Waals surface area contributed by atoms with Crippen molar-refractivity contribution in [2.45, 2.75) is 13.0 Å². The number of anilines is 1. The van der Waals surface area contributed by atoms with Gasteiger partial charge in [0.2, 0.25) is 0 Å². The Bertz CT molecular complexity index is 833. The van der Waals surface area contributed by atoms with Gasteiger partial charge in [0.1, 0.15) is 6.07 Å². The van der Waals surface area contributed by atoms with E-state index in [1.807, 2.05) is 12.1 Å². The number of halogens is 2. The van der Waals surface area contributed by atoms with E-state index in [1.54, 1.807) is 24.3 Å². The summed E-state index contributed by atoms with van der Waals surface area (Å²) in [5, 5.41) is 11.7. The van der Waals surface area contributed by atoms with Gasteiger partial charge in [0.05, 0.1) is 16.1 Å². The van der Waals surface area contributed by atoms with Gasteiger partial charge in [-0.3, -0.25) is 4.79 Å². The van der Waals surface area contributed by atoms with Gasteiger partial charge in [0.15, 0.2) is 6.10 Å². The Labute approximate surface area is 157 Å². The van der Waals surface area contributed by atoms with Gasteiger partial charge in [-0.2, -0.15) is 5.26 Å². The molecule has 1 atom stereocenters. The van der Waals surface area contributed by atoms with Crippen molar-refractivity contribution in [3.05, 3.63) is 62.2 Å². The third-order valence-electron chi connectivity index (χ3n) is 3.07. The van der Waals surface area contributed by atoms with Gasteiger partial charge in [0.25, 0.3) is 5.91 Å². The van der Waals surface area contributed by atoms with E-state index in [9.17, 15) is 9.59 Å². The van der Waals surface area contributed by atoms with Crippen LogP contribution in [-0.4, -0.2) is 18.0 Å². The van der Waals surface area contributed by atoms with Crippen LogP contribution in [0.5, 0.6) is 0 Å². The zero-order chi connectivity index (χ0) is 17.7. The summed E-state index contributed by atoms with van der Waals surface area (Å²) in [7, 11) is 0. The summed E-state index contributed by atoms with van der Waals surface area (Å²) in [5.41, 5.74) is 1.11. The molecule has 0 spiro atoms. The first-order chi connectivity index (χ1) is 11.4. The average Bonchev–Trinajstić information content (AvgIpc) is 2.55. The first-order valence-corrected chi connectivity index (χ1v) is 8.33. The van der Waals surface area contributed by atoms with Crippen LogP contribution in [0.15, 0.2) is 42.5 Å². The second kappa shape index (κ2) is 8.13. The summed E-state index contributed by atoms with van der Waals surface area (Å²) >= 11 is 8.00. The van der Waals surface area contributed by atoms with Gasteiger partial charge in [-0.1, -0.05) is 17.7 Å². The molecule has 0 bridgehead atoms. The number of carbonyl (C=O) groups excluding carboxylic acids is 2. The van der Waals surface area contributed by atoms with Crippen molar-refractivity contribution < 1.29 is 14.3 Å². The van der Waals surface area contributed by atoms with Crippen molar-refractivity contribution in [2.24, 2.45) is 0 Å². The van der Waals surface area contributed by atoms with Crippen molar-refractivity contribution in [1.82, 2.24) is 0 Å². The quantitative estimate of drug-likeness (QED) is 0.559. The molecule has 1 N–H and O–H groups in total. The highest BCUT2D eigenvalue weighted by Crippen LogP contribution is 2.20. The van der Waals surface area contributed by atoms with Crippen molar-refractivity contribution in [1.29, 1.82) is 5.26 Å². The molecule has 0 aliphatic heterocycles. The first kappa shape index (κ1) is 18.2. The van der Waals surface area contributed by atoms with Gasteiger partial charge < -0.3 is 10.1 Å². The summed E-state index contributed by atoms with van der Waals surface area (Å²) in [6.07, 6.45) is -0.982. The molecule has 1 amide bonds. The molecule has 0 saturated carbocycles. The molecule has 0 aliphatic rings. The number of benzene rings is 2. The van der Waals surface area contributed by atoms with Crippen LogP contribution < -0.4 is 5.32 Å². The number of esters is 1. The minimum atomic E-state index is -0.982. The van der Waals surface area contributed by atoms with Crippen LogP contribution >= 0.6 is 34.2 Å². The number of ether oxygens (including phenoxy) is 1. The molecule has 1 unspecified atom stereocenters. The lowest BCUT2D eigenvalue weighted by atomic mass is 10.2. The molecular formula is C17H12ClIN2O3. The van der Waals surface area contributed by atoms with E-state index in [4.69, 9.17) is 21.6 Å². The van der Waals surface area contributed by atoms with Gasteiger partial charge in [-0.05, 0) is 65.9 Å². The molecular weight excluding hydrogens is 443 g/mol. The molecule has 24 heavy (non-hydrogen) atoms. The molecule has 7 heteroatoms. The highest BCUT2D eigenvalue weighted by molar-refractivity contribution is 14.1. The molecule has 0 saturated heterocycles. The summed E-state index contributed by atoms with van der Waals surface area (Å²) in [6, 6.07) is 13.3. The smallest absolute Gasteiger partial charge is 0.338 e. The zero-order valence-electron chi connectivity index (χ0n) is 12.5. The van der Waals surface area contributed by atoms with E-state index in [-0.39, 0.29) is 5.02 Å². The van der Waals surface area contributed by atoms with Crippen molar-refractivity contribution >= 4 is 51.8 Å². The fourth-order valence-electron chi connectivity index (χ4n) is 1.82. The lowest BCUT2D eigenvalue weighted by molar-refractivity contribution is -0.123. The molecule has 0 heterocycles. The fourth-order valence-corrected chi connectivity index (χ4v) is 2.59. The normalized spacial score (nSPS) is 11.2. The highest BCUT2D eigenvalue weighted by atomic mass is 127. The molecule has 0 aliphatic carbocycles. The lowest BCUT2D eigenvalue weighted by Gasteiger charge is -2.14. The maximum atomic E-state index is 12.1. The van der Waals surface area contributed by atoms with E-state index >= 15 is 0 Å². The van der Waals surface area contributed by atoms with Gasteiger partial charge in [0, 0.05) is 9.26 Å². The van der Waals surface area contributed by atoms with Crippen LogP contribution in [0, 0.1) is 14.9 Å². The number of rotatable bonds is 4. The zero-order valence-corrected chi connectivity index (χ0v) is 15.5. The molecule has 2 rings (SSSR count). The number of amides is 1. The molecule has 0 radical (unpaired) electrons. The van der Waals surface area contributed by atoms with E-state index in [1.165, 1.54) is 19.1 Å². The topological polar surface area (TPSA) is 79.2 Å². The van der Waals surface area contributed by atoms with Crippen LogP contribution in [-0.2, 0) is 9.53 Å². The third kappa shape index (κ3) is 4.69. The SMILES string of the molecule is CC(OC(=O)c1cccc(I)c1)C(=O)Nc1ccc(C#N)c(Cl)c1. The van der Waals surface area contributed by atoms with Crippen LogP contribution in [0.4, 0.5) is 5.69 Å². The second-order valence-corrected chi connectivity index (χ2v) is 6.51. The monoisotopic (exact) mass is 454 g/mol. The number of hydrogen-bond donors (Lipinski definition) is 1. The summed E-state index contributed by atoms with van der Waals surface area (Å²) in [6.45, 7) is 1.48. The Morgan fingerprint density at radius 3 is 2.67 bits per heavy atom. The Kier molecular flexibility index (Phi) is 6.17. The standard InChI is InChI=1S/C17H12ClIN2O3/c1-10(24-17(23)11-3-2-4-13(19)7-11)16(22)21-14-6-5-12(9-20)15(18)8-14/h2-8,10H,1H3,(H,21,22). The van der Waals surface area contributed by atoms with Crippen molar-refractivity contribution in [3.8, 4) is 6.07 Å². The minimum Gasteiger partial charge on any atom is -0.449 e. The summed E-state index contributed by atoms with van der Waals surface area (Å²) in [5.74, 6) is -1.07. The Hall–Kier alpha value is -2.11. The van der Waals surface area contributed by atoms with Crippen LogP contribution in [0.2, 0.25) is 5.02 Å². The van der Waals surface area contributed by atoms with Crippen molar-refractivity contribution in [2.75, 3.05) is 5.32 Å². The maximum Gasteiger partial charge on any atom is 0.338 e. The maximum absolute atomic E-state index is 12.1. The van der Waals surface area contributed by atoms with Gasteiger partial charge in [-0.25, -0.2) is 4.79 Å². The average molecular weight is 455 g/mol. The molecule has 0 fully saturated rings. The summed E-state index contributed by atoms with van der Waals surface area (Å²) in [4.78, 5) is 24.2. The fraction of sp³-hybridized carbons (Fsp3) is 0.118. The lowest BCUT2D eigenvalue weighted by Crippen LogP contribution is -2.30. The van der Waals surface area contributed by atoms with E-state index in [0.29, 0.717) is 16.8 Å². The number of nitrogens with one attached hydrogen (secondary N) is 1. The first-order valence-electron chi connectivity index (χ1n) is 6.88. The number of nitrogens with zero attached hydrogens (tertiary/aromatic N) is 1. The molecule has 0 aromatic heterocycles. The highest BCUT2D eigenvalue weighted by Gasteiger charge is 2.19. The Balaban J connectivity index is 2.01. The molecule has 2 aromatic rings. The van der Waals surface area contributed by atoms with Crippen LogP contribution in [0.1, 0.15) is 22.8 Å². The molecule has 2 aromatic carbocycles. The van der Waals surface area contributed by atoms with E-state index < -0.39 is 18.0 Å². The minimum absolute atomic E-state index is 0.235. The van der Waals surface area contributed by atoms with Crippen molar-refractivity contribution in [3.63, 3.8) is 0 Å². The third-order valence-corrected chi connectivity index (χ3v) is 4.05. The van der Waals surface area contributed by atoms with E-state index in [0.717, 1.165) is 3.57 Å². The largest absolute Gasteiger partial charge is 0.449 e. The van der Waals surface area contributed by atoms with Gasteiger partial charge >= 0.3 is 5.97 Å². The summed E-state index contributed by atoms with van der Waals surface area (Å²) < 4.78 is 6.06. The van der Waals surface area contributed by atoms with Crippen LogP contribution in [0.25, 0.3) is 0 Å². The predicted octanol–water partition coefficient (Wildman–Crippen LogP) is 4.00. The number of nitriles is 1.